The molecule has 1 aromatic heterocycles. The van der Waals surface area contributed by atoms with E-state index in [9.17, 15) is 9.90 Å². The van der Waals surface area contributed by atoms with Crippen LogP contribution < -0.4 is 0 Å². The summed E-state index contributed by atoms with van der Waals surface area (Å²) < 4.78 is 22.1. The van der Waals surface area contributed by atoms with Gasteiger partial charge in [0.15, 0.2) is 5.82 Å². The number of hydrogen-bond acceptors (Lipinski definition) is 5. The van der Waals surface area contributed by atoms with Crippen LogP contribution in [-0.2, 0) is 36.0 Å². The molecule has 1 unspecified atom stereocenters. The molecular weight excluding hydrogens is 373 g/mol. The zero-order chi connectivity index (χ0) is 20.5. The van der Waals surface area contributed by atoms with E-state index in [2.05, 4.69) is 10.3 Å². The van der Waals surface area contributed by atoms with Gasteiger partial charge in [-0.3, -0.25) is 4.79 Å². The monoisotopic (exact) mass is 397 g/mol. The Morgan fingerprint density at radius 2 is 2.17 bits per heavy atom. The van der Waals surface area contributed by atoms with Crippen molar-refractivity contribution >= 4 is 17.0 Å². The van der Waals surface area contributed by atoms with Crippen LogP contribution in [0.1, 0.15) is 53.5 Å². The summed E-state index contributed by atoms with van der Waals surface area (Å²) in [5, 5.41) is 17.7. The molecule has 0 saturated carbocycles. The zero-order valence-electron chi connectivity index (χ0n) is 16.6. The van der Waals surface area contributed by atoms with Gasteiger partial charge in [0, 0.05) is 13.0 Å². The van der Waals surface area contributed by atoms with Gasteiger partial charge in [-0.05, 0) is 60.1 Å². The Bertz CT molecular complexity index is 1080. The van der Waals surface area contributed by atoms with Gasteiger partial charge in [0.25, 0.3) is 0 Å². The molecule has 1 aliphatic rings. The third-order valence-corrected chi connectivity index (χ3v) is 5.71. The average Bonchev–Trinajstić information content (AvgIpc) is 3.33. The van der Waals surface area contributed by atoms with Crippen molar-refractivity contribution in [1.29, 1.82) is 0 Å². The van der Waals surface area contributed by atoms with Crippen molar-refractivity contribution in [2.75, 3.05) is 6.61 Å². The maximum absolute atomic E-state index is 15.4. The fourth-order valence-corrected chi connectivity index (χ4v) is 4.32. The second-order valence-electron chi connectivity index (χ2n) is 7.44. The first kappa shape index (κ1) is 19.5. The van der Waals surface area contributed by atoms with Gasteiger partial charge in [0.1, 0.15) is 5.52 Å². The van der Waals surface area contributed by atoms with E-state index in [-0.39, 0.29) is 31.1 Å². The normalized spacial score (nSPS) is 14.2. The topological polar surface area (TPSA) is 77.2 Å². The molecule has 4 rings (SSSR count). The molecule has 7 heteroatoms. The Balaban J connectivity index is 1.85. The molecule has 1 atom stereocenters. The van der Waals surface area contributed by atoms with E-state index in [0.717, 1.165) is 30.4 Å². The van der Waals surface area contributed by atoms with Crippen molar-refractivity contribution in [2.45, 2.75) is 45.1 Å². The molecule has 152 valence electrons. The molecule has 0 fully saturated rings. The Labute approximate surface area is 168 Å². The van der Waals surface area contributed by atoms with E-state index in [1.807, 2.05) is 12.1 Å². The second-order valence-corrected chi connectivity index (χ2v) is 7.44. The number of aryl methyl sites for hydroxylation is 2. The highest BCUT2D eigenvalue weighted by atomic mass is 19.1. The number of aliphatic hydroxyl groups excluding tert-OH is 1. The molecule has 0 bridgehead atoms. The molecule has 1 heterocycles. The first-order chi connectivity index (χ1) is 14.0. The molecule has 0 saturated heterocycles. The van der Waals surface area contributed by atoms with E-state index >= 15 is 4.39 Å². The van der Waals surface area contributed by atoms with Crippen molar-refractivity contribution in [1.82, 2.24) is 15.0 Å². The van der Waals surface area contributed by atoms with Crippen LogP contribution in [0.2, 0.25) is 0 Å². The fourth-order valence-electron chi connectivity index (χ4n) is 4.32. The second kappa shape index (κ2) is 7.91. The SMILES string of the molecule is CCOC(=O)CC(c1cc(CO)c2c(c1)CCC2)c1ccc2c(nnn2C)c1F. The lowest BCUT2D eigenvalue weighted by atomic mass is 9.85. The smallest absolute Gasteiger partial charge is 0.306 e. The van der Waals surface area contributed by atoms with Gasteiger partial charge in [-0.2, -0.15) is 0 Å². The predicted octanol–water partition coefficient (Wildman–Crippen LogP) is 3.17. The van der Waals surface area contributed by atoms with Gasteiger partial charge in [-0.25, -0.2) is 9.07 Å². The maximum Gasteiger partial charge on any atom is 0.306 e. The van der Waals surface area contributed by atoms with Crippen LogP contribution in [0.3, 0.4) is 0 Å². The maximum atomic E-state index is 15.4. The van der Waals surface area contributed by atoms with Crippen LogP contribution in [0.5, 0.6) is 0 Å². The lowest BCUT2D eigenvalue weighted by Crippen LogP contribution is -2.14. The van der Waals surface area contributed by atoms with E-state index in [1.54, 1.807) is 26.1 Å². The number of ether oxygens (including phenoxy) is 1. The molecule has 0 aliphatic heterocycles. The Morgan fingerprint density at radius 3 is 2.93 bits per heavy atom. The molecule has 2 aromatic carbocycles. The van der Waals surface area contributed by atoms with Crippen LogP contribution in [-0.4, -0.2) is 32.7 Å². The standard InChI is InChI=1S/C22H24FN3O3/c1-3-29-20(28)11-18(14-9-13-5-4-6-16(13)15(10-14)12-27)17-7-8-19-22(21(17)23)24-25-26(19)2/h7-10,18,27H,3-6,11-12H2,1-2H3. The number of benzene rings is 2. The fraction of sp³-hybridized carbons (Fsp3) is 0.409. The summed E-state index contributed by atoms with van der Waals surface area (Å²) in [6.07, 6.45) is 2.91. The number of rotatable bonds is 6. The van der Waals surface area contributed by atoms with Gasteiger partial charge in [-0.15, -0.1) is 5.10 Å². The lowest BCUT2D eigenvalue weighted by molar-refractivity contribution is -0.143. The van der Waals surface area contributed by atoms with Gasteiger partial charge < -0.3 is 9.84 Å². The van der Waals surface area contributed by atoms with Gasteiger partial charge in [-0.1, -0.05) is 23.4 Å². The summed E-state index contributed by atoms with van der Waals surface area (Å²) in [6, 6.07) is 7.41. The molecule has 1 N–H and O–H groups in total. The van der Waals surface area contributed by atoms with Crippen molar-refractivity contribution in [3.05, 3.63) is 57.9 Å². The number of aromatic nitrogens is 3. The van der Waals surface area contributed by atoms with Crippen LogP contribution >= 0.6 is 0 Å². The first-order valence-electron chi connectivity index (χ1n) is 9.92. The zero-order valence-corrected chi connectivity index (χ0v) is 16.6. The van der Waals surface area contributed by atoms with Crippen molar-refractivity contribution in [3.8, 4) is 0 Å². The third-order valence-electron chi connectivity index (χ3n) is 5.71. The number of carbonyl (C=O) groups excluding carboxylic acids is 1. The van der Waals surface area contributed by atoms with E-state index in [1.165, 1.54) is 15.8 Å². The highest BCUT2D eigenvalue weighted by Crippen LogP contribution is 2.37. The summed E-state index contributed by atoms with van der Waals surface area (Å²) in [5.74, 6) is -1.39. The Morgan fingerprint density at radius 1 is 1.34 bits per heavy atom. The summed E-state index contributed by atoms with van der Waals surface area (Å²) in [7, 11) is 1.71. The quantitative estimate of drug-likeness (QED) is 0.647. The molecule has 1 aliphatic carbocycles. The lowest BCUT2D eigenvalue weighted by Gasteiger charge is -2.20. The van der Waals surface area contributed by atoms with E-state index < -0.39 is 11.7 Å². The number of aliphatic hydroxyl groups is 1. The first-order valence-corrected chi connectivity index (χ1v) is 9.92. The van der Waals surface area contributed by atoms with E-state index in [4.69, 9.17) is 4.74 Å². The minimum atomic E-state index is -0.531. The molecular formula is C22H24FN3O3. The molecule has 0 spiro atoms. The summed E-state index contributed by atoms with van der Waals surface area (Å²) >= 11 is 0. The number of hydrogen-bond donors (Lipinski definition) is 1. The average molecular weight is 397 g/mol. The highest BCUT2D eigenvalue weighted by Gasteiger charge is 2.27. The van der Waals surface area contributed by atoms with Crippen LogP contribution in [0.4, 0.5) is 4.39 Å². The number of esters is 1. The minimum Gasteiger partial charge on any atom is -0.466 e. The Hall–Kier alpha value is -2.80. The van der Waals surface area contributed by atoms with Crippen molar-refractivity contribution in [3.63, 3.8) is 0 Å². The molecule has 6 nitrogen and oxygen atoms in total. The molecule has 0 amide bonds. The summed E-state index contributed by atoms with van der Waals surface area (Å²) in [4.78, 5) is 12.3. The van der Waals surface area contributed by atoms with Gasteiger partial charge >= 0.3 is 5.97 Å². The number of carbonyl (C=O) groups is 1. The van der Waals surface area contributed by atoms with Crippen molar-refractivity contribution < 1.29 is 19.0 Å². The number of nitrogens with zero attached hydrogens (tertiary/aromatic N) is 3. The van der Waals surface area contributed by atoms with Gasteiger partial charge in [0.2, 0.25) is 0 Å². The van der Waals surface area contributed by atoms with E-state index in [0.29, 0.717) is 11.1 Å². The largest absolute Gasteiger partial charge is 0.466 e. The minimum absolute atomic E-state index is 0.0141. The Kier molecular flexibility index (Phi) is 5.32. The predicted molar refractivity (Wildman–Crippen MR) is 106 cm³/mol. The van der Waals surface area contributed by atoms with Crippen LogP contribution in [0.15, 0.2) is 24.3 Å². The number of halogens is 1. The summed E-state index contributed by atoms with van der Waals surface area (Å²) in [5.41, 5.74) is 5.16. The molecule has 0 radical (unpaired) electrons. The molecule has 29 heavy (non-hydrogen) atoms. The van der Waals surface area contributed by atoms with Crippen LogP contribution in [0, 0.1) is 5.82 Å². The molecule has 3 aromatic rings. The van der Waals surface area contributed by atoms with Crippen molar-refractivity contribution in [2.24, 2.45) is 7.05 Å². The highest BCUT2D eigenvalue weighted by molar-refractivity contribution is 5.77. The summed E-state index contributed by atoms with van der Waals surface area (Å²) in [6.45, 7) is 1.94. The third kappa shape index (κ3) is 3.51. The van der Waals surface area contributed by atoms with Gasteiger partial charge in [0.05, 0.1) is 25.2 Å². The number of fused-ring (bicyclic) bond motifs is 2. The van der Waals surface area contributed by atoms with Crippen LogP contribution in [0.25, 0.3) is 11.0 Å².